The van der Waals surface area contributed by atoms with Crippen molar-refractivity contribution in [3.05, 3.63) is 33.3 Å². The van der Waals surface area contributed by atoms with Gasteiger partial charge in [-0.15, -0.1) is 0 Å². The molecule has 0 radical (unpaired) electrons. The zero-order valence-electron chi connectivity index (χ0n) is 8.22. The van der Waals surface area contributed by atoms with E-state index in [9.17, 15) is 0 Å². The molecule has 0 aliphatic heterocycles. The zero-order valence-corrected chi connectivity index (χ0v) is 9.81. The first-order chi connectivity index (χ1) is 6.81. The molecule has 14 heavy (non-hydrogen) atoms. The van der Waals surface area contributed by atoms with Gasteiger partial charge in [-0.2, -0.15) is 0 Å². The topological polar surface area (TPSA) is 20.2 Å². The predicted molar refractivity (Wildman–Crippen MR) is 61.6 cm³/mol. The molecule has 0 spiro atoms. The van der Waals surface area contributed by atoms with E-state index in [0.29, 0.717) is 0 Å². The highest BCUT2D eigenvalue weighted by atomic mass is 79.9. The minimum atomic E-state index is 0.241. The summed E-state index contributed by atoms with van der Waals surface area (Å²) in [6.07, 6.45) is 5.79. The summed E-state index contributed by atoms with van der Waals surface area (Å²) in [6.45, 7) is 0.241. The monoisotopic (exact) mass is 254 g/mol. The van der Waals surface area contributed by atoms with Crippen molar-refractivity contribution in [3.8, 4) is 0 Å². The molecule has 0 heterocycles. The van der Waals surface area contributed by atoms with Crippen molar-refractivity contribution >= 4 is 15.9 Å². The quantitative estimate of drug-likeness (QED) is 0.861. The van der Waals surface area contributed by atoms with Crippen LogP contribution in [0, 0.1) is 0 Å². The molecule has 1 aliphatic rings. The van der Waals surface area contributed by atoms with Gasteiger partial charge in [0.25, 0.3) is 0 Å². The molecule has 1 aromatic rings. The highest BCUT2D eigenvalue weighted by Crippen LogP contribution is 2.29. The van der Waals surface area contributed by atoms with Crippen molar-refractivity contribution < 1.29 is 5.11 Å². The Hall–Kier alpha value is -0.340. The van der Waals surface area contributed by atoms with E-state index in [0.717, 1.165) is 6.42 Å². The van der Waals surface area contributed by atoms with Crippen LogP contribution in [0.4, 0.5) is 0 Å². The second kappa shape index (κ2) is 4.45. The van der Waals surface area contributed by atoms with E-state index in [4.69, 9.17) is 5.11 Å². The normalized spacial score (nSPS) is 15.3. The molecule has 0 saturated heterocycles. The Kier molecular flexibility index (Phi) is 3.24. The second-order valence-corrected chi connectivity index (χ2v) is 4.75. The van der Waals surface area contributed by atoms with Crippen LogP contribution in [0.1, 0.15) is 29.5 Å². The third kappa shape index (κ3) is 2.01. The predicted octanol–water partition coefficient (Wildman–Crippen LogP) is 2.86. The summed E-state index contributed by atoms with van der Waals surface area (Å²) < 4.78 is 1.23. The molecule has 0 aromatic heterocycles. The van der Waals surface area contributed by atoms with Gasteiger partial charge in [0.05, 0.1) is 0 Å². The van der Waals surface area contributed by atoms with E-state index in [2.05, 4.69) is 28.1 Å². The average Bonchev–Trinajstić information content (AvgIpc) is 2.18. The van der Waals surface area contributed by atoms with Crippen LogP contribution in [0.15, 0.2) is 16.6 Å². The van der Waals surface area contributed by atoms with Crippen molar-refractivity contribution in [1.29, 1.82) is 0 Å². The zero-order chi connectivity index (χ0) is 9.97. The van der Waals surface area contributed by atoms with E-state index < -0.39 is 0 Å². The molecule has 2 heteroatoms. The summed E-state index contributed by atoms with van der Waals surface area (Å²) in [6, 6.07) is 4.41. The number of benzene rings is 1. The summed E-state index contributed by atoms with van der Waals surface area (Å²) in [7, 11) is 0. The Labute approximate surface area is 93.3 Å². The van der Waals surface area contributed by atoms with Crippen LogP contribution in [0.5, 0.6) is 0 Å². The molecule has 0 atom stereocenters. The molecule has 1 aromatic carbocycles. The number of halogens is 1. The summed E-state index contributed by atoms with van der Waals surface area (Å²) in [5, 5.41) is 8.90. The van der Waals surface area contributed by atoms with Gasteiger partial charge in [0.1, 0.15) is 0 Å². The Morgan fingerprint density at radius 3 is 2.79 bits per heavy atom. The smallest absolute Gasteiger partial charge is 0.0471 e. The summed E-state index contributed by atoms with van der Waals surface area (Å²) >= 11 is 3.62. The number of aliphatic hydroxyl groups excluding tert-OH is 1. The number of aliphatic hydroxyl groups is 1. The molecule has 0 fully saturated rings. The molecule has 1 aliphatic carbocycles. The van der Waals surface area contributed by atoms with Crippen molar-refractivity contribution in [2.24, 2.45) is 0 Å². The Morgan fingerprint density at radius 2 is 2.00 bits per heavy atom. The van der Waals surface area contributed by atoms with Crippen LogP contribution in [0.3, 0.4) is 0 Å². The third-order valence-electron chi connectivity index (χ3n) is 2.87. The van der Waals surface area contributed by atoms with E-state index in [1.54, 1.807) is 0 Å². The molecular formula is C12H15BrO. The lowest BCUT2D eigenvalue weighted by atomic mass is 9.90. The minimum absolute atomic E-state index is 0.241. The lowest BCUT2D eigenvalue weighted by molar-refractivity contribution is 0.299. The summed E-state index contributed by atoms with van der Waals surface area (Å²) in [5.74, 6) is 0. The van der Waals surface area contributed by atoms with Gasteiger partial charge in [-0.1, -0.05) is 22.0 Å². The maximum absolute atomic E-state index is 8.90. The largest absolute Gasteiger partial charge is 0.396 e. The fourth-order valence-corrected chi connectivity index (χ4v) is 2.90. The van der Waals surface area contributed by atoms with Crippen molar-refractivity contribution in [2.75, 3.05) is 6.61 Å². The third-order valence-corrected chi connectivity index (χ3v) is 3.58. The first-order valence-corrected chi connectivity index (χ1v) is 6.01. The van der Waals surface area contributed by atoms with Gasteiger partial charge >= 0.3 is 0 Å². The Bertz CT molecular complexity index is 333. The number of aryl methyl sites for hydroxylation is 1. The van der Waals surface area contributed by atoms with Crippen LogP contribution in [-0.4, -0.2) is 11.7 Å². The van der Waals surface area contributed by atoms with Crippen LogP contribution >= 0.6 is 15.9 Å². The van der Waals surface area contributed by atoms with Gasteiger partial charge in [0.15, 0.2) is 0 Å². The summed E-state index contributed by atoms with van der Waals surface area (Å²) in [4.78, 5) is 0. The maximum Gasteiger partial charge on any atom is 0.0471 e. The van der Waals surface area contributed by atoms with Crippen molar-refractivity contribution in [3.63, 3.8) is 0 Å². The lowest BCUT2D eigenvalue weighted by Gasteiger charge is -2.18. The van der Waals surface area contributed by atoms with E-state index in [1.165, 1.54) is 46.8 Å². The molecule has 0 bridgehead atoms. The molecule has 1 nitrogen and oxygen atoms in total. The minimum Gasteiger partial charge on any atom is -0.396 e. The summed E-state index contributed by atoms with van der Waals surface area (Å²) in [5.41, 5.74) is 4.21. The second-order valence-electron chi connectivity index (χ2n) is 3.90. The molecule has 2 rings (SSSR count). The fraction of sp³-hybridized carbons (Fsp3) is 0.500. The van der Waals surface area contributed by atoms with Gasteiger partial charge in [0, 0.05) is 11.1 Å². The van der Waals surface area contributed by atoms with Gasteiger partial charge in [-0.3, -0.25) is 0 Å². The molecule has 76 valence electrons. The molecule has 0 unspecified atom stereocenters. The van der Waals surface area contributed by atoms with Gasteiger partial charge in [-0.25, -0.2) is 0 Å². The van der Waals surface area contributed by atoms with Crippen LogP contribution in [0.2, 0.25) is 0 Å². The fourth-order valence-electron chi connectivity index (χ4n) is 2.15. The van der Waals surface area contributed by atoms with Crippen molar-refractivity contribution in [2.45, 2.75) is 32.1 Å². The van der Waals surface area contributed by atoms with E-state index in [1.807, 2.05) is 0 Å². The molecule has 0 saturated carbocycles. The highest BCUT2D eigenvalue weighted by molar-refractivity contribution is 9.10. The number of rotatable bonds is 2. The molecule has 0 amide bonds. The number of fused-ring (bicyclic) bond motifs is 1. The first-order valence-electron chi connectivity index (χ1n) is 5.22. The number of hydrogen-bond donors (Lipinski definition) is 1. The van der Waals surface area contributed by atoms with Gasteiger partial charge < -0.3 is 5.11 Å². The van der Waals surface area contributed by atoms with E-state index >= 15 is 0 Å². The Balaban J connectivity index is 2.36. The van der Waals surface area contributed by atoms with Gasteiger partial charge in [0.2, 0.25) is 0 Å². The van der Waals surface area contributed by atoms with Crippen LogP contribution in [-0.2, 0) is 19.3 Å². The van der Waals surface area contributed by atoms with Crippen molar-refractivity contribution in [1.82, 2.24) is 0 Å². The first kappa shape index (κ1) is 10.2. The maximum atomic E-state index is 8.90. The average molecular weight is 255 g/mol. The Morgan fingerprint density at radius 1 is 1.21 bits per heavy atom. The molecular weight excluding hydrogens is 240 g/mol. The van der Waals surface area contributed by atoms with Crippen LogP contribution < -0.4 is 0 Å². The van der Waals surface area contributed by atoms with E-state index in [-0.39, 0.29) is 6.61 Å². The van der Waals surface area contributed by atoms with Gasteiger partial charge in [-0.05, 0) is 54.9 Å². The highest BCUT2D eigenvalue weighted by Gasteiger charge is 2.12. The lowest BCUT2D eigenvalue weighted by Crippen LogP contribution is -2.05. The standard InChI is InChI=1S/C12H15BrO/c13-12-8-9(5-6-14)7-10-3-1-2-4-11(10)12/h7-8,14H,1-6H2. The van der Waals surface area contributed by atoms with Crippen LogP contribution in [0.25, 0.3) is 0 Å². The number of hydrogen-bond acceptors (Lipinski definition) is 1. The SMILES string of the molecule is OCCc1cc(Br)c2c(c1)CCCC2. The molecule has 1 N–H and O–H groups in total.